The molecule has 1 aromatic rings. The van der Waals surface area contributed by atoms with Crippen LogP contribution in [0.15, 0.2) is 23.9 Å². The summed E-state index contributed by atoms with van der Waals surface area (Å²) < 4.78 is 0. The second kappa shape index (κ2) is 4.79. The lowest BCUT2D eigenvalue weighted by molar-refractivity contribution is -0.422. The van der Waals surface area contributed by atoms with Gasteiger partial charge in [0.25, 0.3) is 0 Å². The summed E-state index contributed by atoms with van der Waals surface area (Å²) in [6, 6.07) is 5.86. The van der Waals surface area contributed by atoms with Gasteiger partial charge in [0, 0.05) is 32.8 Å². The fraction of sp³-hybridized carbons (Fsp3) is 0.333. The van der Waals surface area contributed by atoms with Gasteiger partial charge >= 0.3 is 0 Å². The quantitative estimate of drug-likeness (QED) is 0.581. The number of rotatable bonds is 3. The van der Waals surface area contributed by atoms with Gasteiger partial charge in [0.05, 0.1) is 4.92 Å². The molecule has 0 bridgehead atoms. The van der Waals surface area contributed by atoms with E-state index in [2.05, 4.69) is 0 Å². The molecule has 0 aromatic heterocycles. The summed E-state index contributed by atoms with van der Waals surface area (Å²) in [5.41, 5.74) is 3.17. The van der Waals surface area contributed by atoms with Crippen molar-refractivity contribution >= 4 is 11.8 Å². The van der Waals surface area contributed by atoms with Crippen LogP contribution in [0.1, 0.15) is 18.1 Å². The number of hydrogen-bond acceptors (Lipinski definition) is 3. The Morgan fingerprint density at radius 1 is 1.44 bits per heavy atom. The first-order chi connectivity index (χ1) is 7.41. The SMILES string of the molecule is C/C(=C/c1ccc(N(C)C)cc1C)[N+](=O)[O-]. The van der Waals surface area contributed by atoms with Gasteiger partial charge in [-0.2, -0.15) is 0 Å². The van der Waals surface area contributed by atoms with E-state index in [0.29, 0.717) is 0 Å². The number of anilines is 1. The second-order valence-corrected chi connectivity index (χ2v) is 3.98. The van der Waals surface area contributed by atoms with Crippen molar-refractivity contribution in [3.63, 3.8) is 0 Å². The molecule has 4 nitrogen and oxygen atoms in total. The minimum atomic E-state index is -0.376. The monoisotopic (exact) mass is 220 g/mol. The normalized spacial score (nSPS) is 11.4. The zero-order valence-electron chi connectivity index (χ0n) is 10.0. The van der Waals surface area contributed by atoms with Crippen LogP contribution in [0.5, 0.6) is 0 Å². The van der Waals surface area contributed by atoms with Gasteiger partial charge in [0.15, 0.2) is 0 Å². The third-order valence-corrected chi connectivity index (χ3v) is 2.42. The fourth-order valence-electron chi connectivity index (χ4n) is 1.38. The molecule has 86 valence electrons. The Morgan fingerprint density at radius 3 is 2.50 bits per heavy atom. The maximum atomic E-state index is 10.5. The largest absolute Gasteiger partial charge is 0.378 e. The molecule has 1 rings (SSSR count). The molecular formula is C12H16N2O2. The molecule has 0 radical (unpaired) electrons. The summed E-state index contributed by atoms with van der Waals surface area (Å²) in [4.78, 5) is 12.1. The Kier molecular flexibility index (Phi) is 3.66. The van der Waals surface area contributed by atoms with Gasteiger partial charge < -0.3 is 4.90 Å². The molecule has 0 unspecified atom stereocenters. The van der Waals surface area contributed by atoms with Crippen molar-refractivity contribution < 1.29 is 4.92 Å². The van der Waals surface area contributed by atoms with Gasteiger partial charge in [-0.15, -0.1) is 0 Å². The minimum absolute atomic E-state index is 0.153. The predicted octanol–water partition coefficient (Wildman–Crippen LogP) is 2.70. The smallest absolute Gasteiger partial charge is 0.243 e. The van der Waals surface area contributed by atoms with Gasteiger partial charge in [0.2, 0.25) is 5.70 Å². The van der Waals surface area contributed by atoms with Crippen LogP contribution in [-0.2, 0) is 0 Å². The highest BCUT2D eigenvalue weighted by molar-refractivity contribution is 5.60. The van der Waals surface area contributed by atoms with Gasteiger partial charge in [0.1, 0.15) is 0 Å². The Morgan fingerprint density at radius 2 is 2.06 bits per heavy atom. The van der Waals surface area contributed by atoms with Crippen LogP contribution in [0.4, 0.5) is 5.69 Å². The van der Waals surface area contributed by atoms with Crippen LogP contribution < -0.4 is 4.90 Å². The fourth-order valence-corrected chi connectivity index (χ4v) is 1.38. The molecule has 0 spiro atoms. The third-order valence-electron chi connectivity index (χ3n) is 2.42. The molecule has 0 atom stereocenters. The van der Waals surface area contributed by atoms with Crippen molar-refractivity contribution in [2.45, 2.75) is 13.8 Å². The van der Waals surface area contributed by atoms with E-state index in [1.807, 2.05) is 44.1 Å². The maximum Gasteiger partial charge on any atom is 0.243 e. The first-order valence-corrected chi connectivity index (χ1v) is 5.02. The second-order valence-electron chi connectivity index (χ2n) is 3.98. The molecule has 0 aliphatic heterocycles. The summed E-state index contributed by atoms with van der Waals surface area (Å²) in [6.07, 6.45) is 1.59. The van der Waals surface area contributed by atoms with Crippen LogP contribution in [0.3, 0.4) is 0 Å². The van der Waals surface area contributed by atoms with E-state index >= 15 is 0 Å². The average Bonchev–Trinajstić information content (AvgIpc) is 2.20. The molecule has 16 heavy (non-hydrogen) atoms. The summed E-state index contributed by atoms with van der Waals surface area (Å²) in [5.74, 6) is 0. The van der Waals surface area contributed by atoms with Crippen LogP contribution in [-0.4, -0.2) is 19.0 Å². The first kappa shape index (κ1) is 12.2. The van der Waals surface area contributed by atoms with Gasteiger partial charge in [-0.05, 0) is 30.2 Å². The van der Waals surface area contributed by atoms with Gasteiger partial charge in [-0.1, -0.05) is 6.07 Å². The highest BCUT2D eigenvalue weighted by Gasteiger charge is 2.05. The maximum absolute atomic E-state index is 10.5. The Hall–Kier alpha value is -1.84. The molecule has 1 aromatic carbocycles. The van der Waals surface area contributed by atoms with E-state index in [9.17, 15) is 10.1 Å². The van der Waals surface area contributed by atoms with Crippen molar-refractivity contribution in [3.05, 3.63) is 45.1 Å². The summed E-state index contributed by atoms with van der Waals surface area (Å²) >= 11 is 0. The standard InChI is InChI=1S/C12H16N2O2/c1-9-7-12(13(3)4)6-5-11(9)8-10(2)14(15)16/h5-8H,1-4H3/b10-8-. The lowest BCUT2D eigenvalue weighted by Gasteiger charge is -2.13. The molecule has 0 N–H and O–H groups in total. The summed E-state index contributed by atoms with van der Waals surface area (Å²) in [6.45, 7) is 3.45. The van der Waals surface area contributed by atoms with Crippen molar-refractivity contribution in [2.75, 3.05) is 19.0 Å². The summed E-state index contributed by atoms with van der Waals surface area (Å²) in [5, 5.41) is 10.5. The Labute approximate surface area is 95.3 Å². The van der Waals surface area contributed by atoms with Crippen molar-refractivity contribution in [1.82, 2.24) is 0 Å². The van der Waals surface area contributed by atoms with Crippen molar-refractivity contribution in [1.29, 1.82) is 0 Å². The average molecular weight is 220 g/mol. The highest BCUT2D eigenvalue weighted by atomic mass is 16.6. The molecule has 0 amide bonds. The van der Waals surface area contributed by atoms with Crippen LogP contribution in [0.25, 0.3) is 6.08 Å². The molecule has 0 aliphatic rings. The number of benzene rings is 1. The molecule has 0 aliphatic carbocycles. The van der Waals surface area contributed by atoms with Gasteiger partial charge in [-0.3, -0.25) is 10.1 Å². The Balaban J connectivity index is 3.09. The summed E-state index contributed by atoms with van der Waals surface area (Å²) in [7, 11) is 3.93. The number of hydrogen-bond donors (Lipinski definition) is 0. The van der Waals surface area contributed by atoms with Crippen LogP contribution >= 0.6 is 0 Å². The van der Waals surface area contributed by atoms with E-state index in [-0.39, 0.29) is 10.6 Å². The molecule has 0 saturated heterocycles. The predicted molar refractivity (Wildman–Crippen MR) is 66.2 cm³/mol. The molecule has 0 heterocycles. The zero-order chi connectivity index (χ0) is 12.3. The van der Waals surface area contributed by atoms with Crippen molar-refractivity contribution in [2.24, 2.45) is 0 Å². The van der Waals surface area contributed by atoms with Crippen LogP contribution in [0.2, 0.25) is 0 Å². The topological polar surface area (TPSA) is 46.4 Å². The molecule has 0 fully saturated rings. The lowest BCUT2D eigenvalue weighted by atomic mass is 10.1. The van der Waals surface area contributed by atoms with E-state index < -0.39 is 0 Å². The molecule has 4 heteroatoms. The Bertz CT molecular complexity index is 437. The third kappa shape index (κ3) is 2.82. The first-order valence-electron chi connectivity index (χ1n) is 5.02. The molecule has 0 saturated carbocycles. The molecular weight excluding hydrogens is 204 g/mol. The van der Waals surface area contributed by atoms with E-state index in [1.54, 1.807) is 6.08 Å². The minimum Gasteiger partial charge on any atom is -0.378 e. The number of aryl methyl sites for hydroxylation is 1. The van der Waals surface area contributed by atoms with E-state index in [4.69, 9.17) is 0 Å². The number of nitrogens with zero attached hydrogens (tertiary/aromatic N) is 2. The highest BCUT2D eigenvalue weighted by Crippen LogP contribution is 2.19. The lowest BCUT2D eigenvalue weighted by Crippen LogP contribution is -2.08. The zero-order valence-corrected chi connectivity index (χ0v) is 10.0. The number of nitro groups is 1. The number of allylic oxidation sites excluding steroid dienone is 1. The van der Waals surface area contributed by atoms with E-state index in [1.165, 1.54) is 6.92 Å². The van der Waals surface area contributed by atoms with Crippen molar-refractivity contribution in [3.8, 4) is 0 Å². The van der Waals surface area contributed by atoms with Crippen LogP contribution in [0, 0.1) is 17.0 Å². The van der Waals surface area contributed by atoms with E-state index in [0.717, 1.165) is 16.8 Å². The van der Waals surface area contributed by atoms with Gasteiger partial charge in [-0.25, -0.2) is 0 Å².